The molecular formula is C15H10F6N6. The fourth-order valence-electron chi connectivity index (χ4n) is 2.08. The molecule has 12 heteroatoms. The molecule has 6 nitrogen and oxygen atoms in total. The van der Waals surface area contributed by atoms with Gasteiger partial charge in [0.1, 0.15) is 11.5 Å². The lowest BCUT2D eigenvalue weighted by atomic mass is 10.2. The van der Waals surface area contributed by atoms with Gasteiger partial charge in [0.05, 0.1) is 29.6 Å². The summed E-state index contributed by atoms with van der Waals surface area (Å²) in [6.07, 6.45) is -4.85. The molecule has 0 unspecified atom stereocenters. The zero-order valence-corrected chi connectivity index (χ0v) is 13.3. The Labute approximate surface area is 147 Å². The van der Waals surface area contributed by atoms with E-state index >= 15 is 0 Å². The van der Waals surface area contributed by atoms with Crippen molar-refractivity contribution in [2.24, 2.45) is 0 Å². The zero-order chi connectivity index (χ0) is 19.6. The molecule has 1 N–H and O–H groups in total. The Hall–Kier alpha value is -3.18. The first kappa shape index (κ1) is 18.6. The van der Waals surface area contributed by atoms with Crippen LogP contribution in [-0.4, -0.2) is 25.0 Å². The average molecular weight is 388 g/mol. The van der Waals surface area contributed by atoms with E-state index in [0.717, 1.165) is 16.8 Å². The first-order valence-corrected chi connectivity index (χ1v) is 7.36. The molecule has 0 saturated carbocycles. The predicted octanol–water partition coefficient (Wildman–Crippen LogP) is 3.76. The Morgan fingerprint density at radius 1 is 1.11 bits per heavy atom. The van der Waals surface area contributed by atoms with Crippen LogP contribution in [0.5, 0.6) is 0 Å². The molecule has 0 radical (unpaired) electrons. The summed E-state index contributed by atoms with van der Waals surface area (Å²) in [6.45, 7) is 0.0221. The van der Waals surface area contributed by atoms with Crippen molar-refractivity contribution in [1.82, 2.24) is 25.0 Å². The van der Waals surface area contributed by atoms with Gasteiger partial charge in [-0.25, -0.2) is 27.8 Å². The highest BCUT2D eigenvalue weighted by Crippen LogP contribution is 2.28. The van der Waals surface area contributed by atoms with E-state index in [1.165, 1.54) is 12.3 Å². The average Bonchev–Trinajstić information content (AvgIpc) is 3.09. The van der Waals surface area contributed by atoms with Crippen LogP contribution in [0, 0.1) is 5.82 Å². The van der Waals surface area contributed by atoms with Crippen molar-refractivity contribution in [2.45, 2.75) is 19.1 Å². The second-order valence-corrected chi connectivity index (χ2v) is 5.31. The van der Waals surface area contributed by atoms with Gasteiger partial charge < -0.3 is 5.32 Å². The van der Waals surface area contributed by atoms with Gasteiger partial charge in [-0.2, -0.15) is 13.2 Å². The molecule has 3 aromatic rings. The van der Waals surface area contributed by atoms with Crippen LogP contribution < -0.4 is 5.32 Å². The Morgan fingerprint density at radius 2 is 1.81 bits per heavy atom. The Balaban J connectivity index is 1.69. The smallest absolute Gasteiger partial charge is 0.348 e. The standard InChI is InChI=1S/C15H10F6N6/c16-12-2-1-10(3-11(12)13(17)18)27-7-9(25-26-27)6-24-14-22-4-8(5-23-14)15(19,20)21/h1-5,7,13H,6H2,(H,22,23,24). The quantitative estimate of drug-likeness (QED) is 0.674. The highest BCUT2D eigenvalue weighted by molar-refractivity contribution is 5.37. The zero-order valence-electron chi connectivity index (χ0n) is 13.3. The fraction of sp³-hybridized carbons (Fsp3) is 0.200. The predicted molar refractivity (Wildman–Crippen MR) is 80.6 cm³/mol. The Morgan fingerprint density at radius 3 is 2.44 bits per heavy atom. The minimum Gasteiger partial charge on any atom is -0.348 e. The lowest BCUT2D eigenvalue weighted by Gasteiger charge is -2.06. The van der Waals surface area contributed by atoms with E-state index in [-0.39, 0.29) is 18.2 Å². The van der Waals surface area contributed by atoms with Crippen molar-refractivity contribution >= 4 is 5.95 Å². The minimum absolute atomic E-state index is 0.0221. The Kier molecular flexibility index (Phi) is 4.97. The molecule has 0 spiro atoms. The largest absolute Gasteiger partial charge is 0.419 e. The highest BCUT2D eigenvalue weighted by atomic mass is 19.4. The van der Waals surface area contributed by atoms with Gasteiger partial charge in [-0.15, -0.1) is 5.10 Å². The van der Waals surface area contributed by atoms with Gasteiger partial charge >= 0.3 is 6.18 Å². The number of hydrogen-bond acceptors (Lipinski definition) is 5. The molecule has 0 aliphatic heterocycles. The summed E-state index contributed by atoms with van der Waals surface area (Å²) in [5, 5.41) is 10.2. The number of anilines is 1. The second-order valence-electron chi connectivity index (χ2n) is 5.31. The number of rotatable bonds is 5. The second kappa shape index (κ2) is 7.21. The maximum atomic E-state index is 13.3. The summed E-state index contributed by atoms with van der Waals surface area (Å²) in [6, 6.07) is 3.10. The Bertz CT molecular complexity index is 921. The van der Waals surface area contributed by atoms with E-state index in [2.05, 4.69) is 25.6 Å². The van der Waals surface area contributed by atoms with Crippen LogP contribution in [0.3, 0.4) is 0 Å². The number of hydrogen-bond donors (Lipinski definition) is 1. The van der Waals surface area contributed by atoms with Crippen LogP contribution in [-0.2, 0) is 12.7 Å². The van der Waals surface area contributed by atoms with Gasteiger partial charge in [-0.1, -0.05) is 5.21 Å². The third-order valence-corrected chi connectivity index (χ3v) is 3.43. The lowest BCUT2D eigenvalue weighted by Crippen LogP contribution is -2.09. The van der Waals surface area contributed by atoms with Crippen molar-refractivity contribution in [2.75, 3.05) is 5.32 Å². The number of nitrogens with zero attached hydrogens (tertiary/aromatic N) is 5. The van der Waals surface area contributed by atoms with E-state index in [0.29, 0.717) is 18.1 Å². The lowest BCUT2D eigenvalue weighted by molar-refractivity contribution is -0.138. The van der Waals surface area contributed by atoms with Crippen LogP contribution in [0.4, 0.5) is 32.3 Å². The number of benzene rings is 1. The van der Waals surface area contributed by atoms with Gasteiger partial charge in [0, 0.05) is 12.4 Å². The summed E-state index contributed by atoms with van der Waals surface area (Å²) >= 11 is 0. The molecule has 0 fully saturated rings. The molecule has 0 saturated heterocycles. The van der Waals surface area contributed by atoms with Crippen molar-refractivity contribution in [3.05, 3.63) is 59.4 Å². The fourth-order valence-corrected chi connectivity index (χ4v) is 2.08. The molecule has 0 aliphatic carbocycles. The van der Waals surface area contributed by atoms with Crippen molar-refractivity contribution in [3.8, 4) is 5.69 Å². The molecule has 0 bridgehead atoms. The first-order chi connectivity index (χ1) is 12.7. The third-order valence-electron chi connectivity index (χ3n) is 3.43. The monoisotopic (exact) mass is 388 g/mol. The molecule has 3 rings (SSSR count). The summed E-state index contributed by atoms with van der Waals surface area (Å²) in [4.78, 5) is 7.09. The molecule has 2 heterocycles. The van der Waals surface area contributed by atoms with E-state index in [9.17, 15) is 26.3 Å². The van der Waals surface area contributed by atoms with Crippen molar-refractivity contribution < 1.29 is 26.3 Å². The number of nitrogens with one attached hydrogen (secondary N) is 1. The van der Waals surface area contributed by atoms with Gasteiger partial charge in [0.15, 0.2) is 0 Å². The maximum Gasteiger partial charge on any atom is 0.419 e. The van der Waals surface area contributed by atoms with E-state index in [1.807, 2.05) is 0 Å². The molecule has 0 atom stereocenters. The van der Waals surface area contributed by atoms with Gasteiger partial charge in [-0.3, -0.25) is 0 Å². The van der Waals surface area contributed by atoms with E-state index < -0.39 is 29.5 Å². The topological polar surface area (TPSA) is 68.5 Å². The molecule has 142 valence electrons. The molecule has 0 aliphatic rings. The van der Waals surface area contributed by atoms with Gasteiger partial charge in [-0.05, 0) is 18.2 Å². The third kappa shape index (κ3) is 4.33. The summed E-state index contributed by atoms with van der Waals surface area (Å²) in [7, 11) is 0. The van der Waals surface area contributed by atoms with Crippen LogP contribution in [0.1, 0.15) is 23.2 Å². The number of halogens is 6. The van der Waals surface area contributed by atoms with Crippen LogP contribution in [0.25, 0.3) is 5.69 Å². The summed E-state index contributed by atoms with van der Waals surface area (Å²) in [5.41, 5.74) is -1.23. The normalized spacial score (nSPS) is 11.8. The van der Waals surface area contributed by atoms with E-state index in [1.54, 1.807) is 0 Å². The van der Waals surface area contributed by atoms with Crippen LogP contribution >= 0.6 is 0 Å². The summed E-state index contributed by atoms with van der Waals surface area (Å²) < 4.78 is 77.4. The molecular weight excluding hydrogens is 378 g/mol. The van der Waals surface area contributed by atoms with Crippen molar-refractivity contribution in [3.63, 3.8) is 0 Å². The molecule has 0 amide bonds. The summed E-state index contributed by atoms with van der Waals surface area (Å²) in [5.74, 6) is -1.09. The number of aromatic nitrogens is 5. The molecule has 27 heavy (non-hydrogen) atoms. The first-order valence-electron chi connectivity index (χ1n) is 7.36. The van der Waals surface area contributed by atoms with Crippen LogP contribution in [0.2, 0.25) is 0 Å². The minimum atomic E-state index is -4.53. The van der Waals surface area contributed by atoms with Gasteiger partial charge in [0.2, 0.25) is 5.95 Å². The SMILES string of the molecule is Fc1ccc(-n2cc(CNc3ncc(C(F)(F)F)cn3)nn2)cc1C(F)F. The van der Waals surface area contributed by atoms with Crippen molar-refractivity contribution in [1.29, 1.82) is 0 Å². The number of alkyl halides is 5. The maximum absolute atomic E-state index is 13.3. The highest BCUT2D eigenvalue weighted by Gasteiger charge is 2.31. The molecule has 1 aromatic carbocycles. The van der Waals surface area contributed by atoms with Crippen LogP contribution in [0.15, 0.2) is 36.8 Å². The van der Waals surface area contributed by atoms with Gasteiger partial charge in [0.25, 0.3) is 6.43 Å². The molecule has 2 aromatic heterocycles. The van der Waals surface area contributed by atoms with E-state index in [4.69, 9.17) is 0 Å².